The predicted octanol–water partition coefficient (Wildman–Crippen LogP) is 3.73. The van der Waals surface area contributed by atoms with E-state index in [-0.39, 0.29) is 23.8 Å². The maximum Gasteiger partial charge on any atom is 0.314 e. The first kappa shape index (κ1) is 18.9. The molecule has 1 aromatic heterocycles. The number of ether oxygens (including phenoxy) is 2. The number of aryl methyl sites for hydroxylation is 1. The van der Waals surface area contributed by atoms with Gasteiger partial charge in [0.25, 0.3) is 0 Å². The van der Waals surface area contributed by atoms with Gasteiger partial charge in [0, 0.05) is 29.2 Å². The first-order valence-corrected chi connectivity index (χ1v) is 8.48. The van der Waals surface area contributed by atoms with Crippen molar-refractivity contribution in [1.82, 2.24) is 4.57 Å². The quantitative estimate of drug-likeness (QED) is 0.335. The van der Waals surface area contributed by atoms with E-state index in [1.165, 1.54) is 25.3 Å². The Morgan fingerprint density at radius 1 is 1.29 bits per heavy atom. The van der Waals surface area contributed by atoms with Gasteiger partial charge in [0.15, 0.2) is 12.4 Å². The molecule has 0 aliphatic carbocycles. The number of Topliss-reactive ketones (excluding diaryl/α,β-unsaturated/α-hetero) is 1. The highest BCUT2D eigenvalue weighted by Gasteiger charge is 2.20. The number of nitro benzene ring substituents is 1. The summed E-state index contributed by atoms with van der Waals surface area (Å²) in [6.45, 7) is 0.120. The number of fused-ring (bicyclic) bond motifs is 1. The number of benzene rings is 2. The molecule has 0 unspecified atom stereocenters. The zero-order valence-corrected chi connectivity index (χ0v) is 15.1. The van der Waals surface area contributed by atoms with Gasteiger partial charge in [-0.15, -0.1) is 0 Å². The van der Waals surface area contributed by atoms with E-state index >= 15 is 0 Å². The van der Waals surface area contributed by atoms with Crippen LogP contribution in [0.15, 0.2) is 48.7 Å². The average molecular weight is 379 g/mol. The number of methoxy groups -OCH3 is 1. The van der Waals surface area contributed by atoms with Gasteiger partial charge in [0.2, 0.25) is 5.78 Å². The lowest BCUT2D eigenvalue weighted by atomic mass is 10.1. The second kappa shape index (κ2) is 8.22. The molecule has 0 saturated heterocycles. The molecule has 0 amide bonds. The van der Waals surface area contributed by atoms with Crippen LogP contribution in [0.2, 0.25) is 0 Å². The lowest BCUT2D eigenvalue weighted by molar-refractivity contribution is -0.385. The molecule has 2 aromatic carbocycles. The third-order valence-corrected chi connectivity index (χ3v) is 4.28. The molecule has 0 radical (unpaired) electrons. The first-order chi connectivity index (χ1) is 13.5. The van der Waals surface area contributed by atoms with Gasteiger partial charge in [-0.1, -0.05) is 18.2 Å². The Bertz CT molecular complexity index is 1080. The minimum absolute atomic E-state index is 0.00707. The SMILES string of the molecule is COc1ccc(OCC(=O)c2cn(CCC#N)c3ccccc23)c([N+](=O)[O-])c1. The van der Waals surface area contributed by atoms with Crippen LogP contribution < -0.4 is 9.47 Å². The van der Waals surface area contributed by atoms with E-state index in [1.807, 2.05) is 28.8 Å². The second-order valence-electron chi connectivity index (χ2n) is 5.96. The molecule has 0 atom stereocenters. The monoisotopic (exact) mass is 379 g/mol. The average Bonchev–Trinajstić information content (AvgIpc) is 3.09. The first-order valence-electron chi connectivity index (χ1n) is 8.48. The van der Waals surface area contributed by atoms with E-state index in [9.17, 15) is 14.9 Å². The third kappa shape index (κ3) is 3.78. The van der Waals surface area contributed by atoms with E-state index in [2.05, 4.69) is 6.07 Å². The number of nitro groups is 1. The van der Waals surface area contributed by atoms with Crippen LogP contribution in [0.3, 0.4) is 0 Å². The molecular formula is C20H17N3O5. The Hall–Kier alpha value is -3.86. The summed E-state index contributed by atoms with van der Waals surface area (Å²) >= 11 is 0. The fourth-order valence-electron chi connectivity index (χ4n) is 2.93. The van der Waals surface area contributed by atoms with Crippen molar-refractivity contribution in [2.45, 2.75) is 13.0 Å². The minimum atomic E-state index is -0.587. The molecule has 3 aromatic rings. The molecule has 0 aliphatic rings. The normalized spacial score (nSPS) is 10.4. The van der Waals surface area contributed by atoms with Crippen molar-refractivity contribution >= 4 is 22.4 Å². The van der Waals surface area contributed by atoms with Crippen LogP contribution in [-0.2, 0) is 6.54 Å². The molecule has 0 N–H and O–H groups in total. The molecule has 0 aliphatic heterocycles. The largest absolute Gasteiger partial charge is 0.496 e. The Kier molecular flexibility index (Phi) is 5.56. The van der Waals surface area contributed by atoms with Gasteiger partial charge in [-0.25, -0.2) is 0 Å². The molecule has 0 fully saturated rings. The number of nitrogens with zero attached hydrogens (tertiary/aromatic N) is 3. The Morgan fingerprint density at radius 2 is 2.07 bits per heavy atom. The van der Waals surface area contributed by atoms with Crippen LogP contribution in [0.5, 0.6) is 11.5 Å². The molecule has 0 bridgehead atoms. The summed E-state index contributed by atoms with van der Waals surface area (Å²) < 4.78 is 12.3. The minimum Gasteiger partial charge on any atom is -0.496 e. The van der Waals surface area contributed by atoms with Crippen LogP contribution >= 0.6 is 0 Å². The Balaban J connectivity index is 1.85. The van der Waals surface area contributed by atoms with Crippen molar-refractivity contribution in [2.75, 3.05) is 13.7 Å². The highest BCUT2D eigenvalue weighted by molar-refractivity contribution is 6.08. The topological polar surface area (TPSA) is 107 Å². The third-order valence-electron chi connectivity index (χ3n) is 4.28. The summed E-state index contributed by atoms with van der Waals surface area (Å²) in [6, 6.07) is 13.6. The second-order valence-corrected chi connectivity index (χ2v) is 5.96. The molecule has 8 nitrogen and oxygen atoms in total. The summed E-state index contributed by atoms with van der Waals surface area (Å²) in [5.74, 6) is 0.00957. The van der Waals surface area contributed by atoms with Gasteiger partial charge in [0.05, 0.1) is 30.6 Å². The van der Waals surface area contributed by atoms with Crippen LogP contribution in [0.1, 0.15) is 16.8 Å². The summed E-state index contributed by atoms with van der Waals surface area (Å²) in [7, 11) is 1.41. The number of carbonyl (C=O) groups excluding carboxylic acids is 1. The van der Waals surface area contributed by atoms with Gasteiger partial charge in [-0.3, -0.25) is 14.9 Å². The molecule has 3 rings (SSSR count). The lowest BCUT2D eigenvalue weighted by Gasteiger charge is -2.07. The highest BCUT2D eigenvalue weighted by atomic mass is 16.6. The molecule has 28 heavy (non-hydrogen) atoms. The van der Waals surface area contributed by atoms with E-state index < -0.39 is 4.92 Å². The maximum absolute atomic E-state index is 12.7. The van der Waals surface area contributed by atoms with E-state index in [0.29, 0.717) is 24.3 Å². The van der Waals surface area contributed by atoms with Crippen molar-refractivity contribution < 1.29 is 19.2 Å². The number of aromatic nitrogens is 1. The Morgan fingerprint density at radius 3 is 2.79 bits per heavy atom. The standard InChI is InChI=1S/C20H17N3O5/c1-27-14-7-8-20(18(11-14)23(25)26)28-13-19(24)16-12-22(10-4-9-21)17-6-3-2-5-15(16)17/h2-3,5-8,11-12H,4,10,13H2,1H3. The fraction of sp³-hybridized carbons (Fsp3) is 0.200. The zero-order valence-electron chi connectivity index (χ0n) is 15.1. The number of carbonyl (C=O) groups is 1. The van der Waals surface area contributed by atoms with Crippen molar-refractivity contribution in [3.8, 4) is 17.6 Å². The van der Waals surface area contributed by atoms with E-state index in [0.717, 1.165) is 10.9 Å². The van der Waals surface area contributed by atoms with Crippen molar-refractivity contribution in [2.24, 2.45) is 0 Å². The Labute approximate surface area is 160 Å². The van der Waals surface area contributed by atoms with Gasteiger partial charge in [-0.2, -0.15) is 5.26 Å². The summed E-state index contributed by atoms with van der Waals surface area (Å²) in [4.78, 5) is 23.4. The summed E-state index contributed by atoms with van der Waals surface area (Å²) in [6.07, 6.45) is 2.01. The number of nitriles is 1. The van der Waals surface area contributed by atoms with Gasteiger partial charge < -0.3 is 14.0 Å². The number of hydrogen-bond acceptors (Lipinski definition) is 6. The molecule has 1 heterocycles. The van der Waals surface area contributed by atoms with Crippen LogP contribution in [0, 0.1) is 21.4 Å². The molecule has 8 heteroatoms. The van der Waals surface area contributed by atoms with E-state index in [4.69, 9.17) is 14.7 Å². The smallest absolute Gasteiger partial charge is 0.314 e. The van der Waals surface area contributed by atoms with Crippen molar-refractivity contribution in [1.29, 1.82) is 5.26 Å². The molecule has 0 saturated carbocycles. The highest BCUT2D eigenvalue weighted by Crippen LogP contribution is 2.31. The number of rotatable bonds is 8. The maximum atomic E-state index is 12.7. The molecular weight excluding hydrogens is 362 g/mol. The van der Waals surface area contributed by atoms with Gasteiger partial charge in [-0.05, 0) is 18.2 Å². The molecule has 0 spiro atoms. The van der Waals surface area contributed by atoms with Crippen LogP contribution in [0.25, 0.3) is 10.9 Å². The van der Waals surface area contributed by atoms with E-state index in [1.54, 1.807) is 6.20 Å². The summed E-state index contributed by atoms with van der Waals surface area (Å²) in [5.41, 5.74) is 1.02. The van der Waals surface area contributed by atoms with Gasteiger partial charge in [0.1, 0.15) is 5.75 Å². The summed E-state index contributed by atoms with van der Waals surface area (Å²) in [5, 5.41) is 20.8. The fourth-order valence-corrected chi connectivity index (χ4v) is 2.93. The lowest BCUT2D eigenvalue weighted by Crippen LogP contribution is -2.12. The zero-order chi connectivity index (χ0) is 20.1. The molecule has 142 valence electrons. The number of para-hydroxylation sites is 1. The predicted molar refractivity (Wildman–Crippen MR) is 102 cm³/mol. The van der Waals surface area contributed by atoms with Crippen LogP contribution in [-0.4, -0.2) is 29.0 Å². The van der Waals surface area contributed by atoms with Crippen LogP contribution in [0.4, 0.5) is 5.69 Å². The van der Waals surface area contributed by atoms with Gasteiger partial charge >= 0.3 is 5.69 Å². The van der Waals surface area contributed by atoms with Crippen molar-refractivity contribution in [3.05, 3.63) is 64.3 Å². The number of hydrogen-bond donors (Lipinski definition) is 0. The van der Waals surface area contributed by atoms with Crippen molar-refractivity contribution in [3.63, 3.8) is 0 Å². The number of ketones is 1.